The van der Waals surface area contributed by atoms with Gasteiger partial charge in [0.05, 0.1) is 5.69 Å². The van der Waals surface area contributed by atoms with Crippen molar-refractivity contribution in [1.29, 1.82) is 0 Å². The molecule has 0 aliphatic rings. The number of aromatic nitrogens is 1. The Balaban J connectivity index is 2.30. The highest BCUT2D eigenvalue weighted by Gasteiger charge is 2.15. The first-order valence-corrected chi connectivity index (χ1v) is 7.37. The van der Waals surface area contributed by atoms with E-state index in [2.05, 4.69) is 4.98 Å². The van der Waals surface area contributed by atoms with Crippen LogP contribution in [0.1, 0.15) is 20.3 Å². The van der Waals surface area contributed by atoms with E-state index in [1.807, 2.05) is 36.6 Å². The molecule has 0 N–H and O–H groups in total. The number of anilines is 1. The summed E-state index contributed by atoms with van der Waals surface area (Å²) in [5.74, 6) is 0.0221. The van der Waals surface area contributed by atoms with E-state index in [4.69, 9.17) is 11.6 Å². The zero-order chi connectivity index (χ0) is 13.8. The van der Waals surface area contributed by atoms with Crippen molar-refractivity contribution in [2.24, 2.45) is 0 Å². The van der Waals surface area contributed by atoms with Crippen molar-refractivity contribution in [3.05, 3.63) is 34.7 Å². The molecule has 1 heterocycles. The zero-order valence-corrected chi connectivity index (χ0v) is 12.5. The van der Waals surface area contributed by atoms with Gasteiger partial charge in [0.25, 0.3) is 0 Å². The number of hydrogen-bond donors (Lipinski definition) is 0. The van der Waals surface area contributed by atoms with Crippen LogP contribution in [0.25, 0.3) is 11.3 Å². The first-order valence-electron chi connectivity index (χ1n) is 6.11. The molecular weight excluding hydrogens is 280 g/mol. The SMILES string of the molecule is CCCN(C(C)=O)c1nc(-c2cccc(Cl)c2)cs1. The van der Waals surface area contributed by atoms with Crippen molar-refractivity contribution in [2.45, 2.75) is 20.3 Å². The van der Waals surface area contributed by atoms with E-state index in [9.17, 15) is 4.79 Å². The highest BCUT2D eigenvalue weighted by molar-refractivity contribution is 7.14. The van der Waals surface area contributed by atoms with Crippen molar-refractivity contribution >= 4 is 34.0 Å². The van der Waals surface area contributed by atoms with Crippen LogP contribution in [-0.4, -0.2) is 17.4 Å². The van der Waals surface area contributed by atoms with Crippen molar-refractivity contribution in [2.75, 3.05) is 11.4 Å². The third-order valence-electron chi connectivity index (χ3n) is 2.67. The Labute approximate surface area is 121 Å². The molecule has 0 saturated carbocycles. The molecule has 1 aromatic heterocycles. The maximum atomic E-state index is 11.6. The van der Waals surface area contributed by atoms with Gasteiger partial charge in [0.15, 0.2) is 5.13 Å². The average molecular weight is 295 g/mol. The second kappa shape index (κ2) is 6.17. The number of halogens is 1. The summed E-state index contributed by atoms with van der Waals surface area (Å²) in [5.41, 5.74) is 1.82. The van der Waals surface area contributed by atoms with Gasteiger partial charge in [-0.3, -0.25) is 9.69 Å². The molecule has 0 spiro atoms. The van der Waals surface area contributed by atoms with Crippen LogP contribution in [0.15, 0.2) is 29.6 Å². The van der Waals surface area contributed by atoms with Crippen LogP contribution in [0, 0.1) is 0 Å². The molecular formula is C14H15ClN2OS. The molecule has 19 heavy (non-hydrogen) atoms. The van der Waals surface area contributed by atoms with Crippen LogP contribution in [0.2, 0.25) is 5.02 Å². The van der Waals surface area contributed by atoms with Crippen LogP contribution < -0.4 is 4.90 Å². The smallest absolute Gasteiger partial charge is 0.225 e. The average Bonchev–Trinajstić information content (AvgIpc) is 2.84. The molecule has 0 saturated heterocycles. The van der Waals surface area contributed by atoms with Gasteiger partial charge < -0.3 is 0 Å². The summed E-state index contributed by atoms with van der Waals surface area (Å²) in [6.07, 6.45) is 0.908. The molecule has 0 aliphatic carbocycles. The van der Waals surface area contributed by atoms with Crippen molar-refractivity contribution in [3.63, 3.8) is 0 Å². The van der Waals surface area contributed by atoms with E-state index in [0.29, 0.717) is 11.6 Å². The van der Waals surface area contributed by atoms with Gasteiger partial charge in [0.2, 0.25) is 5.91 Å². The van der Waals surface area contributed by atoms with Gasteiger partial charge in [-0.15, -0.1) is 11.3 Å². The molecule has 1 aromatic carbocycles. The molecule has 3 nitrogen and oxygen atoms in total. The molecule has 2 aromatic rings. The van der Waals surface area contributed by atoms with Crippen LogP contribution in [0.4, 0.5) is 5.13 Å². The second-order valence-electron chi connectivity index (χ2n) is 4.20. The predicted octanol–water partition coefficient (Wildman–Crippen LogP) is 4.23. The lowest BCUT2D eigenvalue weighted by Gasteiger charge is -2.16. The Hall–Kier alpha value is -1.39. The van der Waals surface area contributed by atoms with Crippen molar-refractivity contribution in [1.82, 2.24) is 4.98 Å². The maximum absolute atomic E-state index is 11.6. The monoisotopic (exact) mass is 294 g/mol. The molecule has 0 aliphatic heterocycles. The van der Waals surface area contributed by atoms with Crippen LogP contribution in [0.5, 0.6) is 0 Å². The summed E-state index contributed by atoms with van der Waals surface area (Å²) in [4.78, 5) is 17.8. The summed E-state index contributed by atoms with van der Waals surface area (Å²) in [6.45, 7) is 4.30. The maximum Gasteiger partial charge on any atom is 0.225 e. The number of hydrogen-bond acceptors (Lipinski definition) is 3. The lowest BCUT2D eigenvalue weighted by Crippen LogP contribution is -2.28. The number of nitrogens with zero attached hydrogens (tertiary/aromatic N) is 2. The Morgan fingerprint density at radius 3 is 2.89 bits per heavy atom. The van der Waals surface area contributed by atoms with Gasteiger partial charge in [-0.2, -0.15) is 0 Å². The minimum absolute atomic E-state index is 0.0221. The number of amides is 1. The third kappa shape index (κ3) is 3.33. The Morgan fingerprint density at radius 1 is 1.47 bits per heavy atom. The van der Waals surface area contributed by atoms with E-state index in [1.165, 1.54) is 11.3 Å². The normalized spacial score (nSPS) is 10.5. The van der Waals surface area contributed by atoms with E-state index in [0.717, 1.165) is 22.8 Å². The predicted molar refractivity (Wildman–Crippen MR) is 80.9 cm³/mol. The number of thiazole rings is 1. The van der Waals surface area contributed by atoms with Crippen LogP contribution >= 0.6 is 22.9 Å². The van der Waals surface area contributed by atoms with Crippen molar-refractivity contribution < 1.29 is 4.79 Å². The third-order valence-corrected chi connectivity index (χ3v) is 3.77. The van der Waals surface area contributed by atoms with E-state index in [-0.39, 0.29) is 5.91 Å². The summed E-state index contributed by atoms with van der Waals surface area (Å²) >= 11 is 7.45. The molecule has 100 valence electrons. The van der Waals surface area contributed by atoms with Crippen LogP contribution in [0.3, 0.4) is 0 Å². The van der Waals surface area contributed by atoms with E-state index in [1.54, 1.807) is 11.8 Å². The number of rotatable bonds is 4. The lowest BCUT2D eigenvalue weighted by molar-refractivity contribution is -0.116. The Morgan fingerprint density at radius 2 is 2.26 bits per heavy atom. The van der Waals surface area contributed by atoms with Gasteiger partial charge in [-0.1, -0.05) is 30.7 Å². The molecule has 1 amide bonds. The summed E-state index contributed by atoms with van der Waals surface area (Å²) in [5, 5.41) is 3.38. The largest absolute Gasteiger partial charge is 0.288 e. The molecule has 0 radical (unpaired) electrons. The van der Waals surface area contributed by atoms with Gasteiger partial charge >= 0.3 is 0 Å². The summed E-state index contributed by atoms with van der Waals surface area (Å²) in [7, 11) is 0. The topological polar surface area (TPSA) is 33.2 Å². The molecule has 5 heteroatoms. The minimum Gasteiger partial charge on any atom is -0.288 e. The second-order valence-corrected chi connectivity index (χ2v) is 5.47. The molecule has 0 unspecified atom stereocenters. The quantitative estimate of drug-likeness (QED) is 0.845. The zero-order valence-electron chi connectivity index (χ0n) is 10.9. The number of carbonyl (C=O) groups excluding carboxylic acids is 1. The highest BCUT2D eigenvalue weighted by atomic mass is 35.5. The standard InChI is InChI=1S/C14H15ClN2OS/c1-3-7-17(10(2)18)14-16-13(9-19-14)11-5-4-6-12(15)8-11/h4-6,8-9H,3,7H2,1-2H3. The first kappa shape index (κ1) is 14.0. The van der Waals surface area contributed by atoms with Crippen LogP contribution in [-0.2, 0) is 4.79 Å². The van der Waals surface area contributed by atoms with Gasteiger partial charge in [-0.05, 0) is 18.6 Å². The lowest BCUT2D eigenvalue weighted by atomic mass is 10.2. The Kier molecular flexibility index (Phi) is 4.56. The van der Waals surface area contributed by atoms with E-state index < -0.39 is 0 Å². The molecule has 0 atom stereocenters. The number of carbonyl (C=O) groups is 1. The van der Waals surface area contributed by atoms with Gasteiger partial charge in [0.1, 0.15) is 0 Å². The van der Waals surface area contributed by atoms with E-state index >= 15 is 0 Å². The number of benzene rings is 1. The fourth-order valence-electron chi connectivity index (χ4n) is 1.78. The van der Waals surface area contributed by atoms with Gasteiger partial charge in [0, 0.05) is 29.4 Å². The fourth-order valence-corrected chi connectivity index (χ4v) is 2.87. The first-order chi connectivity index (χ1) is 9.11. The Bertz CT molecular complexity index is 582. The fraction of sp³-hybridized carbons (Fsp3) is 0.286. The minimum atomic E-state index is 0.0221. The summed E-state index contributed by atoms with van der Waals surface area (Å²) in [6, 6.07) is 7.56. The molecule has 2 rings (SSSR count). The molecule has 0 bridgehead atoms. The highest BCUT2D eigenvalue weighted by Crippen LogP contribution is 2.29. The molecule has 0 fully saturated rings. The van der Waals surface area contributed by atoms with Crippen molar-refractivity contribution in [3.8, 4) is 11.3 Å². The summed E-state index contributed by atoms with van der Waals surface area (Å²) < 4.78 is 0. The van der Waals surface area contributed by atoms with Gasteiger partial charge in [-0.25, -0.2) is 4.98 Å².